The highest BCUT2D eigenvalue weighted by Crippen LogP contribution is 2.41. The topological polar surface area (TPSA) is 258 Å². The number of likely N-dealkylation sites (N-methyl/N-ethyl adjacent to an activating group) is 12. The number of hydrogen-bond donors (Lipinski definition) is 3. The lowest BCUT2D eigenvalue weighted by molar-refractivity contribution is -0.145. The van der Waals surface area contributed by atoms with Crippen LogP contribution in [-0.4, -0.2) is 330 Å². The molecule has 0 aromatic rings. The molecule has 4 atom stereocenters. The minimum atomic E-state index is -1.34. The van der Waals surface area contributed by atoms with E-state index in [1.165, 1.54) is 38.5 Å². The van der Waals surface area contributed by atoms with Gasteiger partial charge >= 0.3 is 11.9 Å². The minimum Gasteiger partial charge on any atom is -0.466 e. The lowest BCUT2D eigenvalue weighted by Gasteiger charge is -2.37. The van der Waals surface area contributed by atoms with Gasteiger partial charge in [-0.05, 0) is 101 Å². The molecule has 0 bridgehead atoms. The zero-order valence-corrected chi connectivity index (χ0v) is 73.5. The molecule has 0 rings (SSSR count). The Labute approximate surface area is 663 Å². The number of carbonyl (C=O) groups excluding carboxylic acids is 10. The second-order valence-corrected chi connectivity index (χ2v) is 33.8. The summed E-state index contributed by atoms with van der Waals surface area (Å²) in [6.07, 6.45) is 15.3. The van der Waals surface area contributed by atoms with Crippen molar-refractivity contribution in [2.75, 3.05) is 222 Å². The van der Waals surface area contributed by atoms with Gasteiger partial charge < -0.3 is 74.4 Å². The van der Waals surface area contributed by atoms with Crippen molar-refractivity contribution >= 4 is 58.8 Å². The number of hydrogen-bond acceptors (Lipinski definition) is 20. The Morgan fingerprint density at radius 3 is 1.05 bits per heavy atom. The van der Waals surface area contributed by atoms with Crippen LogP contribution in [0.5, 0.6) is 0 Å². The fourth-order valence-electron chi connectivity index (χ4n) is 13.3. The maximum absolute atomic E-state index is 15.9. The SMILES string of the molecule is CCCCCCCCOC(=O)CCN(C)CCN(C)CCN(C)C(=O)CC(CC(C)(C)C(=O)CC(CC)C(=O)N(C)CCN(C)CCN(C)CCC(=O)OCCCCCCCC)C(=O)C(C)(C)CC(CC(=O)C(C)(C)CC(CC(=O)N(C)CCN(C)CCNC)C(=O)NCCCC)C(=O)N(C)CCN(C)CCNC. The summed E-state index contributed by atoms with van der Waals surface area (Å²) in [6, 6.07) is 0. The molecule has 109 heavy (non-hydrogen) atoms. The van der Waals surface area contributed by atoms with E-state index in [1.807, 2.05) is 70.2 Å². The molecule has 4 unspecified atom stereocenters. The summed E-state index contributed by atoms with van der Waals surface area (Å²) in [7, 11) is 22.5. The predicted molar refractivity (Wildman–Crippen MR) is 442 cm³/mol. The molecular weight excluding hydrogens is 1380 g/mol. The molecule has 0 aliphatic carbocycles. The van der Waals surface area contributed by atoms with Crippen molar-refractivity contribution in [1.82, 2.24) is 64.9 Å². The van der Waals surface area contributed by atoms with Crippen molar-refractivity contribution in [2.45, 2.75) is 223 Å². The predicted octanol–water partition coefficient (Wildman–Crippen LogP) is 8.74. The van der Waals surface area contributed by atoms with Gasteiger partial charge in [0.25, 0.3) is 0 Å². The van der Waals surface area contributed by atoms with Crippen molar-refractivity contribution in [2.24, 2.45) is 39.9 Å². The largest absolute Gasteiger partial charge is 0.466 e. The van der Waals surface area contributed by atoms with Gasteiger partial charge in [-0.15, -0.1) is 0 Å². The van der Waals surface area contributed by atoms with Gasteiger partial charge in [0.15, 0.2) is 0 Å². The molecule has 25 nitrogen and oxygen atoms in total. The van der Waals surface area contributed by atoms with Crippen LogP contribution in [0.1, 0.15) is 223 Å². The lowest BCUT2D eigenvalue weighted by Crippen LogP contribution is -2.45. The summed E-state index contributed by atoms with van der Waals surface area (Å²) >= 11 is 0. The van der Waals surface area contributed by atoms with Crippen molar-refractivity contribution in [3.63, 3.8) is 0 Å². The van der Waals surface area contributed by atoms with E-state index in [0.29, 0.717) is 131 Å². The Morgan fingerprint density at radius 2 is 0.651 bits per heavy atom. The average Bonchev–Trinajstić information content (AvgIpc) is 0.802. The molecule has 0 heterocycles. The molecule has 0 saturated carbocycles. The molecule has 0 spiro atoms. The number of nitrogens with one attached hydrogen (secondary N) is 3. The van der Waals surface area contributed by atoms with Crippen LogP contribution in [0, 0.1) is 39.9 Å². The summed E-state index contributed by atoms with van der Waals surface area (Å²) in [5.74, 6) is -6.13. The fraction of sp³-hybridized carbons (Fsp3) is 0.881. The number of ether oxygens (including phenoxy) is 2. The van der Waals surface area contributed by atoms with Crippen molar-refractivity contribution in [3.8, 4) is 0 Å². The van der Waals surface area contributed by atoms with Gasteiger partial charge in [-0.2, -0.15) is 0 Å². The van der Waals surface area contributed by atoms with Crippen molar-refractivity contribution in [1.29, 1.82) is 0 Å². The Bertz CT molecular complexity index is 2580. The number of unbranched alkanes of at least 4 members (excludes halogenated alkanes) is 11. The third kappa shape index (κ3) is 47.3. The van der Waals surface area contributed by atoms with E-state index in [0.717, 1.165) is 77.5 Å². The highest BCUT2D eigenvalue weighted by atomic mass is 16.5. The zero-order valence-electron chi connectivity index (χ0n) is 73.5. The van der Waals surface area contributed by atoms with Gasteiger partial charge in [0.2, 0.25) is 29.5 Å². The molecule has 0 saturated heterocycles. The first-order valence-electron chi connectivity index (χ1n) is 41.9. The van der Waals surface area contributed by atoms with Gasteiger partial charge in [-0.1, -0.05) is 140 Å². The maximum atomic E-state index is 15.9. The molecule has 0 aliphatic rings. The van der Waals surface area contributed by atoms with E-state index in [1.54, 1.807) is 89.3 Å². The average molecular weight is 1550 g/mol. The van der Waals surface area contributed by atoms with Gasteiger partial charge in [0.05, 0.1) is 26.1 Å². The second-order valence-electron chi connectivity index (χ2n) is 33.8. The van der Waals surface area contributed by atoms with Gasteiger partial charge in [-0.3, -0.25) is 47.9 Å². The number of ketones is 3. The van der Waals surface area contributed by atoms with E-state index < -0.39 is 39.9 Å². The third-order valence-corrected chi connectivity index (χ3v) is 21.9. The second kappa shape index (κ2) is 58.8. The number of nitrogens with zero attached hydrogens (tertiary/aromatic N) is 10. The molecule has 0 radical (unpaired) electrons. The van der Waals surface area contributed by atoms with E-state index in [-0.39, 0.29) is 104 Å². The van der Waals surface area contributed by atoms with E-state index in [4.69, 9.17) is 9.47 Å². The highest BCUT2D eigenvalue weighted by molar-refractivity contribution is 5.95. The van der Waals surface area contributed by atoms with E-state index >= 15 is 14.4 Å². The van der Waals surface area contributed by atoms with Crippen LogP contribution in [0.15, 0.2) is 0 Å². The van der Waals surface area contributed by atoms with Gasteiger partial charge in [0.1, 0.15) is 17.3 Å². The summed E-state index contributed by atoms with van der Waals surface area (Å²) in [4.78, 5) is 163. The van der Waals surface area contributed by atoms with Crippen molar-refractivity contribution < 1.29 is 57.4 Å². The fourth-order valence-corrected chi connectivity index (χ4v) is 13.3. The Balaban J connectivity index is 7.14. The van der Waals surface area contributed by atoms with Crippen molar-refractivity contribution in [3.05, 3.63) is 0 Å². The smallest absolute Gasteiger partial charge is 0.307 e. The molecular formula is C84H163N13O12. The molecule has 0 aromatic carbocycles. The first kappa shape index (κ1) is 104. The molecule has 636 valence electrons. The number of carbonyl (C=O) groups is 10. The molecule has 0 aliphatic heterocycles. The van der Waals surface area contributed by atoms with Crippen LogP contribution in [0.3, 0.4) is 0 Å². The monoisotopic (exact) mass is 1550 g/mol. The van der Waals surface area contributed by atoms with Crippen LogP contribution in [0.2, 0.25) is 0 Å². The lowest BCUT2D eigenvalue weighted by atomic mass is 9.67. The summed E-state index contributed by atoms with van der Waals surface area (Å²) in [5, 5.41) is 9.33. The first-order chi connectivity index (χ1) is 51.4. The number of Topliss-reactive ketones (excluding diaryl/α,β-unsaturated/α-hetero) is 3. The summed E-state index contributed by atoms with van der Waals surface area (Å²) < 4.78 is 11.0. The normalized spacial score (nSPS) is 13.3. The maximum Gasteiger partial charge on any atom is 0.307 e. The van der Waals surface area contributed by atoms with Crippen LogP contribution in [-0.2, 0) is 57.4 Å². The number of rotatable bonds is 69. The van der Waals surface area contributed by atoms with Crippen LogP contribution in [0.4, 0.5) is 0 Å². The number of amides is 5. The Morgan fingerprint density at radius 1 is 0.330 bits per heavy atom. The minimum absolute atomic E-state index is 0.0291. The Hall–Kier alpha value is -5.02. The zero-order chi connectivity index (χ0) is 82.7. The Kier molecular flexibility index (Phi) is 56.1. The van der Waals surface area contributed by atoms with E-state index in [9.17, 15) is 33.6 Å². The van der Waals surface area contributed by atoms with Gasteiger partial charge in [-0.25, -0.2) is 0 Å². The quantitative estimate of drug-likeness (QED) is 0.0380. The molecule has 0 aromatic heterocycles. The van der Waals surface area contributed by atoms with Crippen LogP contribution < -0.4 is 16.0 Å². The standard InChI is InChI=1S/C84H163N13O12/c1-23-27-30-32-34-36-59-108-76(102)38-43-88(13)47-49-92(17)52-56-94(19)74(100)63-69(65-82(5,6)72(98)61-68(26-4)80(106)96(21)58-54-93(18)50-48-89(14)44-39-77(103)109-60-37-35-33-31-28-24-2)78(104)84(9,10)67-71(81(107)97(22)57-53-91(16)46-42-86-12)62-73(99)83(7,8)66-70(79(105)87-40-29-25-3)64-75(101)95(20)55-51-90(15)45-41-85-11/h68-71,85-86H,23-67H2,1-22H3,(H,87,105). The molecule has 5 amide bonds. The first-order valence-corrected chi connectivity index (χ1v) is 41.9. The van der Waals surface area contributed by atoms with Gasteiger partial charge in [0, 0.05) is 218 Å². The summed E-state index contributed by atoms with van der Waals surface area (Å²) in [5.41, 5.74) is -3.76. The van der Waals surface area contributed by atoms with Crippen LogP contribution >= 0.6 is 0 Å². The third-order valence-electron chi connectivity index (χ3n) is 21.9. The number of esters is 2. The molecule has 3 N–H and O–H groups in total. The molecule has 25 heteroatoms. The van der Waals surface area contributed by atoms with Crippen LogP contribution in [0.25, 0.3) is 0 Å². The highest BCUT2D eigenvalue weighted by Gasteiger charge is 2.45. The summed E-state index contributed by atoms with van der Waals surface area (Å²) in [6.45, 7) is 30.9. The molecule has 0 fully saturated rings. The van der Waals surface area contributed by atoms with E-state index in [2.05, 4.69) is 59.2 Å².